The number of sulfone groups is 1. The minimum atomic E-state index is -3.28. The number of hydrogen-bond donors (Lipinski definition) is 0. The van der Waals surface area contributed by atoms with Gasteiger partial charge in [0, 0.05) is 7.05 Å². The summed E-state index contributed by atoms with van der Waals surface area (Å²) >= 11 is 0. The molecule has 13 heavy (non-hydrogen) atoms. The van der Waals surface area contributed by atoms with Crippen molar-refractivity contribution in [3.63, 3.8) is 0 Å². The molecule has 0 N–H and O–H groups in total. The summed E-state index contributed by atoms with van der Waals surface area (Å²) < 4.78 is 22.9. The summed E-state index contributed by atoms with van der Waals surface area (Å²) in [5.41, 5.74) is 0. The van der Waals surface area contributed by atoms with Crippen molar-refractivity contribution in [2.75, 3.05) is 12.9 Å². The number of hydrogen-bond acceptors (Lipinski definition) is 4. The van der Waals surface area contributed by atoms with Crippen LogP contribution in [0, 0.1) is 0 Å². The minimum Gasteiger partial charge on any atom is -0.222 e. The highest BCUT2D eigenvalue weighted by atomic mass is 32.2. The highest BCUT2D eigenvalue weighted by molar-refractivity contribution is 7.91. The van der Waals surface area contributed by atoms with E-state index < -0.39 is 9.84 Å². The van der Waals surface area contributed by atoms with Gasteiger partial charge in [-0.05, 0) is 12.1 Å². The SMILES string of the molecule is CN=NCS(=O)(=O)c1ccccc1. The molecule has 4 nitrogen and oxygen atoms in total. The molecule has 0 aliphatic carbocycles. The van der Waals surface area contributed by atoms with Gasteiger partial charge in [-0.2, -0.15) is 10.2 Å². The topological polar surface area (TPSA) is 58.9 Å². The van der Waals surface area contributed by atoms with Crippen LogP contribution in [0.3, 0.4) is 0 Å². The molecule has 1 aromatic carbocycles. The zero-order chi connectivity index (χ0) is 9.73. The largest absolute Gasteiger partial charge is 0.222 e. The number of benzene rings is 1. The predicted molar refractivity (Wildman–Crippen MR) is 49.3 cm³/mol. The Labute approximate surface area is 77.2 Å². The smallest absolute Gasteiger partial charge is 0.200 e. The Bertz CT molecular complexity index is 384. The van der Waals surface area contributed by atoms with E-state index in [0.717, 1.165) is 0 Å². The fourth-order valence-electron chi connectivity index (χ4n) is 0.836. The number of nitrogens with zero attached hydrogens (tertiary/aromatic N) is 2. The van der Waals surface area contributed by atoms with E-state index in [-0.39, 0.29) is 10.8 Å². The van der Waals surface area contributed by atoms with Crippen molar-refractivity contribution >= 4 is 9.84 Å². The Kier molecular flexibility index (Phi) is 3.13. The molecule has 0 atom stereocenters. The van der Waals surface area contributed by atoms with Crippen LogP contribution in [0.2, 0.25) is 0 Å². The van der Waals surface area contributed by atoms with Gasteiger partial charge in [0.2, 0.25) is 0 Å². The second kappa shape index (κ2) is 4.13. The molecule has 0 saturated heterocycles. The lowest BCUT2D eigenvalue weighted by atomic mass is 10.4. The first kappa shape index (κ1) is 9.85. The van der Waals surface area contributed by atoms with Crippen LogP contribution in [-0.2, 0) is 9.84 Å². The fourth-order valence-corrected chi connectivity index (χ4v) is 1.82. The monoisotopic (exact) mass is 198 g/mol. The van der Waals surface area contributed by atoms with Crippen LogP contribution < -0.4 is 0 Å². The third-order valence-corrected chi connectivity index (χ3v) is 2.92. The van der Waals surface area contributed by atoms with Gasteiger partial charge in [0.15, 0.2) is 15.7 Å². The predicted octanol–water partition coefficient (Wildman–Crippen LogP) is 1.50. The van der Waals surface area contributed by atoms with E-state index in [9.17, 15) is 8.42 Å². The van der Waals surface area contributed by atoms with Crippen molar-refractivity contribution < 1.29 is 8.42 Å². The molecule has 0 aliphatic rings. The Morgan fingerprint density at radius 2 is 1.85 bits per heavy atom. The molecule has 0 amide bonds. The molecule has 0 aliphatic heterocycles. The molecule has 0 spiro atoms. The molecular formula is C8H10N2O2S. The summed E-state index contributed by atoms with van der Waals surface area (Å²) in [7, 11) is -1.84. The van der Waals surface area contributed by atoms with Crippen molar-refractivity contribution in [1.82, 2.24) is 0 Å². The lowest BCUT2D eigenvalue weighted by molar-refractivity contribution is 0.595. The second-order valence-electron chi connectivity index (χ2n) is 2.40. The summed E-state index contributed by atoms with van der Waals surface area (Å²) in [6, 6.07) is 8.20. The second-order valence-corrected chi connectivity index (χ2v) is 4.36. The quantitative estimate of drug-likeness (QED) is 0.691. The van der Waals surface area contributed by atoms with E-state index in [4.69, 9.17) is 0 Å². The van der Waals surface area contributed by atoms with Crippen molar-refractivity contribution in [1.29, 1.82) is 0 Å². The third-order valence-electron chi connectivity index (χ3n) is 1.47. The zero-order valence-corrected chi connectivity index (χ0v) is 8.03. The van der Waals surface area contributed by atoms with Crippen LogP contribution in [-0.4, -0.2) is 21.3 Å². The Balaban J connectivity index is 2.95. The molecule has 0 saturated carbocycles. The highest BCUT2D eigenvalue weighted by Gasteiger charge is 2.11. The maximum atomic E-state index is 11.4. The van der Waals surface area contributed by atoms with Gasteiger partial charge in [-0.15, -0.1) is 0 Å². The van der Waals surface area contributed by atoms with Gasteiger partial charge in [0.05, 0.1) is 4.90 Å². The standard InChI is InChI=1S/C8H10N2O2S/c1-9-10-7-13(11,12)8-5-3-2-4-6-8/h2-6H,7H2,1H3. The van der Waals surface area contributed by atoms with E-state index in [2.05, 4.69) is 10.2 Å². The fraction of sp³-hybridized carbons (Fsp3) is 0.250. The average Bonchev–Trinajstić information content (AvgIpc) is 2.16. The average molecular weight is 198 g/mol. The van der Waals surface area contributed by atoms with Gasteiger partial charge < -0.3 is 0 Å². The van der Waals surface area contributed by atoms with E-state index in [1.54, 1.807) is 30.3 Å². The summed E-state index contributed by atoms with van der Waals surface area (Å²) in [6.45, 7) is 0. The van der Waals surface area contributed by atoms with Crippen LogP contribution >= 0.6 is 0 Å². The van der Waals surface area contributed by atoms with E-state index in [1.807, 2.05) is 0 Å². The van der Waals surface area contributed by atoms with Gasteiger partial charge >= 0.3 is 0 Å². The number of rotatable bonds is 3. The maximum Gasteiger partial charge on any atom is 0.200 e. The van der Waals surface area contributed by atoms with Crippen LogP contribution in [0.4, 0.5) is 0 Å². The minimum absolute atomic E-state index is 0.280. The molecule has 5 heteroatoms. The first-order valence-corrected chi connectivity index (χ1v) is 5.35. The van der Waals surface area contributed by atoms with Crippen molar-refractivity contribution in [3.8, 4) is 0 Å². The van der Waals surface area contributed by atoms with Crippen LogP contribution in [0.15, 0.2) is 45.5 Å². The highest BCUT2D eigenvalue weighted by Crippen LogP contribution is 2.09. The molecular weight excluding hydrogens is 188 g/mol. The van der Waals surface area contributed by atoms with Crippen LogP contribution in [0.1, 0.15) is 0 Å². The summed E-state index contributed by atoms with van der Waals surface area (Å²) in [6.07, 6.45) is 0. The van der Waals surface area contributed by atoms with Gasteiger partial charge in [-0.3, -0.25) is 0 Å². The molecule has 0 radical (unpaired) electrons. The molecule has 0 aromatic heterocycles. The summed E-state index contributed by atoms with van der Waals surface area (Å²) in [4.78, 5) is 0.280. The molecule has 0 heterocycles. The van der Waals surface area contributed by atoms with Crippen LogP contribution in [0.25, 0.3) is 0 Å². The lowest BCUT2D eigenvalue weighted by Gasteiger charge is -1.98. The Morgan fingerprint density at radius 3 is 2.38 bits per heavy atom. The van der Waals surface area contributed by atoms with Crippen molar-refractivity contribution in [3.05, 3.63) is 30.3 Å². The lowest BCUT2D eigenvalue weighted by Crippen LogP contribution is -2.03. The zero-order valence-electron chi connectivity index (χ0n) is 7.21. The van der Waals surface area contributed by atoms with Gasteiger partial charge in [-0.25, -0.2) is 8.42 Å². The molecule has 0 unspecified atom stereocenters. The Hall–Kier alpha value is -1.23. The van der Waals surface area contributed by atoms with Crippen molar-refractivity contribution in [2.45, 2.75) is 4.90 Å². The van der Waals surface area contributed by atoms with Crippen LogP contribution in [0.5, 0.6) is 0 Å². The molecule has 1 rings (SSSR count). The van der Waals surface area contributed by atoms with Crippen molar-refractivity contribution in [2.24, 2.45) is 10.2 Å². The van der Waals surface area contributed by atoms with Gasteiger partial charge in [-0.1, -0.05) is 18.2 Å². The first-order chi connectivity index (χ1) is 6.17. The number of azo groups is 1. The van der Waals surface area contributed by atoms with Gasteiger partial charge in [0.25, 0.3) is 0 Å². The maximum absolute atomic E-state index is 11.4. The van der Waals surface area contributed by atoms with E-state index in [0.29, 0.717) is 0 Å². The van der Waals surface area contributed by atoms with Gasteiger partial charge in [0.1, 0.15) is 0 Å². The molecule has 0 fully saturated rings. The molecule has 1 aromatic rings. The summed E-state index contributed by atoms with van der Waals surface area (Å²) in [5.74, 6) is -0.284. The van der Waals surface area contributed by atoms with E-state index in [1.165, 1.54) is 7.05 Å². The first-order valence-electron chi connectivity index (χ1n) is 3.70. The molecule has 70 valence electrons. The van der Waals surface area contributed by atoms with E-state index >= 15 is 0 Å². The normalized spacial score (nSPS) is 12.1. The third kappa shape index (κ3) is 2.62. The Morgan fingerprint density at radius 1 is 1.23 bits per heavy atom. The molecule has 0 bridgehead atoms. The summed E-state index contributed by atoms with van der Waals surface area (Å²) in [5, 5.41) is 6.85.